The summed E-state index contributed by atoms with van der Waals surface area (Å²) in [5, 5.41) is 54.5. The van der Waals surface area contributed by atoms with Crippen LogP contribution in [0, 0.1) is 0 Å². The average Bonchev–Trinajstić information content (AvgIpc) is 0.832. The third kappa shape index (κ3) is 63.1. The third-order valence-corrected chi connectivity index (χ3v) is 20.1. The van der Waals surface area contributed by atoms with Crippen molar-refractivity contribution in [3.63, 3.8) is 0 Å². The number of esters is 1. The zero-order chi connectivity index (χ0) is 70.8. The predicted octanol–water partition coefficient (Wildman–Crippen LogP) is 23.6. The molecule has 1 amide bonds. The molecule has 0 bridgehead atoms. The third-order valence-electron chi connectivity index (χ3n) is 20.1. The van der Waals surface area contributed by atoms with E-state index in [2.05, 4.69) is 67.8 Å². The van der Waals surface area contributed by atoms with E-state index in [1.807, 2.05) is 6.08 Å². The Labute approximate surface area is 605 Å². The fourth-order valence-electron chi connectivity index (χ4n) is 13.4. The van der Waals surface area contributed by atoms with Crippen LogP contribution >= 0.6 is 0 Å². The number of aliphatic hydroxyl groups is 5. The smallest absolute Gasteiger partial charge is 0.305 e. The second-order valence-corrected chi connectivity index (χ2v) is 29.5. The van der Waals surface area contributed by atoms with Gasteiger partial charge >= 0.3 is 5.97 Å². The van der Waals surface area contributed by atoms with Gasteiger partial charge in [0.1, 0.15) is 24.4 Å². The first-order valence-electron chi connectivity index (χ1n) is 42.6. The topological polar surface area (TPSA) is 175 Å². The van der Waals surface area contributed by atoms with Gasteiger partial charge in [0.2, 0.25) is 5.91 Å². The van der Waals surface area contributed by atoms with Crippen molar-refractivity contribution in [1.29, 1.82) is 0 Å². The van der Waals surface area contributed by atoms with E-state index in [1.54, 1.807) is 6.08 Å². The summed E-state index contributed by atoms with van der Waals surface area (Å²) in [6, 6.07) is -0.826. The lowest BCUT2D eigenvalue weighted by molar-refractivity contribution is -0.302. The van der Waals surface area contributed by atoms with Gasteiger partial charge in [-0.15, -0.1) is 0 Å². The lowest BCUT2D eigenvalue weighted by atomic mass is 9.99. The van der Waals surface area contributed by atoms with Crippen LogP contribution in [0.2, 0.25) is 0 Å². The van der Waals surface area contributed by atoms with Crippen LogP contribution in [-0.4, -0.2) is 100 Å². The molecule has 1 fully saturated rings. The normalized spacial score (nSPS) is 17.5. The van der Waals surface area contributed by atoms with Crippen LogP contribution in [0.25, 0.3) is 0 Å². The molecule has 0 aliphatic carbocycles. The number of carbonyl (C=O) groups excluding carboxylic acids is 2. The van der Waals surface area contributed by atoms with Crippen molar-refractivity contribution in [2.75, 3.05) is 19.8 Å². The molecule has 7 atom stereocenters. The van der Waals surface area contributed by atoms with Gasteiger partial charge in [0.05, 0.1) is 32.0 Å². The van der Waals surface area contributed by atoms with Gasteiger partial charge in [-0.3, -0.25) is 9.59 Å². The molecule has 7 unspecified atom stereocenters. The van der Waals surface area contributed by atoms with E-state index in [4.69, 9.17) is 14.2 Å². The first kappa shape index (κ1) is 93.4. The van der Waals surface area contributed by atoms with Crippen molar-refractivity contribution in [3.05, 3.63) is 60.8 Å². The molecule has 1 saturated heterocycles. The fourth-order valence-corrected chi connectivity index (χ4v) is 13.4. The number of hydrogen-bond donors (Lipinski definition) is 6. The quantitative estimate of drug-likeness (QED) is 0.0195. The lowest BCUT2D eigenvalue weighted by Gasteiger charge is -2.40. The minimum atomic E-state index is -1.58. The minimum absolute atomic E-state index is 0.0145. The number of nitrogens with one attached hydrogen (secondary N) is 1. The van der Waals surface area contributed by atoms with Gasteiger partial charge in [-0.25, -0.2) is 0 Å². The molecule has 0 saturated carbocycles. The lowest BCUT2D eigenvalue weighted by Crippen LogP contribution is -2.60. The number of carbonyl (C=O) groups is 2. The first-order chi connectivity index (χ1) is 48.2. The van der Waals surface area contributed by atoms with Gasteiger partial charge in [-0.05, 0) is 103 Å². The summed E-state index contributed by atoms with van der Waals surface area (Å²) in [4.78, 5) is 25.2. The van der Waals surface area contributed by atoms with E-state index in [1.165, 1.54) is 327 Å². The van der Waals surface area contributed by atoms with E-state index >= 15 is 0 Å². The van der Waals surface area contributed by atoms with Crippen LogP contribution in [-0.2, 0) is 23.8 Å². The van der Waals surface area contributed by atoms with Crippen LogP contribution in [0.4, 0.5) is 0 Å². The number of hydrogen-bond acceptors (Lipinski definition) is 10. The van der Waals surface area contributed by atoms with Gasteiger partial charge in [0, 0.05) is 12.8 Å². The molecule has 1 rings (SSSR count). The highest BCUT2D eigenvalue weighted by atomic mass is 16.7. The summed E-state index contributed by atoms with van der Waals surface area (Å²) in [6.07, 6.45) is 92.8. The fraction of sp³-hybridized carbons (Fsp3) is 0.862. The minimum Gasteiger partial charge on any atom is -0.466 e. The van der Waals surface area contributed by atoms with Crippen LogP contribution < -0.4 is 5.32 Å². The molecule has 0 aromatic heterocycles. The van der Waals surface area contributed by atoms with Crippen LogP contribution in [0.1, 0.15) is 418 Å². The van der Waals surface area contributed by atoms with Crippen molar-refractivity contribution in [3.8, 4) is 0 Å². The Balaban J connectivity index is 1.87. The summed E-state index contributed by atoms with van der Waals surface area (Å²) < 4.78 is 16.8. The molecule has 98 heavy (non-hydrogen) atoms. The molecule has 0 spiro atoms. The van der Waals surface area contributed by atoms with Gasteiger partial charge in [0.15, 0.2) is 6.29 Å². The molecule has 0 radical (unpaired) electrons. The Morgan fingerprint density at radius 1 is 0.378 bits per heavy atom. The van der Waals surface area contributed by atoms with Crippen LogP contribution in [0.15, 0.2) is 60.8 Å². The van der Waals surface area contributed by atoms with Crippen molar-refractivity contribution >= 4 is 11.9 Å². The summed E-state index contributed by atoms with van der Waals surface area (Å²) in [5.74, 6) is -0.173. The summed E-state index contributed by atoms with van der Waals surface area (Å²) in [5.41, 5.74) is 0. The van der Waals surface area contributed by atoms with E-state index in [0.29, 0.717) is 19.4 Å². The second-order valence-electron chi connectivity index (χ2n) is 29.5. The molecule has 1 heterocycles. The second kappa shape index (κ2) is 75.5. The molecule has 11 nitrogen and oxygen atoms in total. The number of amides is 1. The Hall–Kier alpha value is -2.64. The molecule has 0 aromatic rings. The van der Waals surface area contributed by atoms with Crippen LogP contribution in [0.3, 0.4) is 0 Å². The van der Waals surface area contributed by atoms with Crippen molar-refractivity contribution < 1.29 is 49.3 Å². The Kier molecular flexibility index (Phi) is 71.9. The largest absolute Gasteiger partial charge is 0.466 e. The van der Waals surface area contributed by atoms with Crippen LogP contribution in [0.5, 0.6) is 0 Å². The molecule has 11 heteroatoms. The zero-order valence-electron chi connectivity index (χ0n) is 64.3. The highest BCUT2D eigenvalue weighted by Crippen LogP contribution is 2.24. The zero-order valence-corrected chi connectivity index (χ0v) is 64.3. The summed E-state index contributed by atoms with van der Waals surface area (Å²) >= 11 is 0. The molecular formula is C87H161NO10. The maximum Gasteiger partial charge on any atom is 0.305 e. The van der Waals surface area contributed by atoms with E-state index < -0.39 is 49.5 Å². The van der Waals surface area contributed by atoms with Crippen molar-refractivity contribution in [2.45, 2.75) is 461 Å². The first-order valence-corrected chi connectivity index (χ1v) is 42.6. The van der Waals surface area contributed by atoms with Gasteiger partial charge in [-0.2, -0.15) is 0 Å². The molecular weight excluding hydrogens is 1220 g/mol. The van der Waals surface area contributed by atoms with Crippen molar-refractivity contribution in [2.24, 2.45) is 0 Å². The molecule has 6 N–H and O–H groups in total. The van der Waals surface area contributed by atoms with E-state index in [-0.39, 0.29) is 18.5 Å². The highest BCUT2D eigenvalue weighted by molar-refractivity contribution is 5.76. The molecule has 574 valence electrons. The van der Waals surface area contributed by atoms with E-state index in [0.717, 1.165) is 64.2 Å². The predicted molar refractivity (Wildman–Crippen MR) is 417 cm³/mol. The van der Waals surface area contributed by atoms with E-state index in [9.17, 15) is 35.1 Å². The maximum absolute atomic E-state index is 13.1. The Morgan fingerprint density at radius 3 is 1.07 bits per heavy atom. The number of aliphatic hydroxyl groups excluding tert-OH is 5. The number of rotatable bonds is 76. The summed E-state index contributed by atoms with van der Waals surface area (Å²) in [6.45, 7) is 4.36. The average molecular weight is 1380 g/mol. The standard InChI is InChI=1S/C87H161NO10/c1-3-5-7-9-11-13-15-17-18-19-41-45-48-51-55-59-63-67-71-75-83(92)96-76-72-68-64-60-56-52-49-46-43-40-38-36-34-32-30-28-26-24-22-20-21-23-25-27-29-31-33-35-37-39-42-44-47-50-54-58-62-66-70-74-82(91)88-79(78-97-87-86(95)85(94)84(93)81(77-89)98-87)80(90)73-69-65-61-57-53-16-14-12-10-8-6-4-2/h17-18,20-21,24,26,53,57,69,73,79-81,84-87,89-90,93-95H,3-16,19,22-23,25,27-52,54-56,58-68,70-72,74-78H2,1-2H3,(H,88,91)/b18-17-,21-20-,26-24-,57-53+,73-69+. The monoisotopic (exact) mass is 1380 g/mol. The number of allylic oxidation sites excluding steroid dienone is 9. The molecule has 1 aliphatic rings. The van der Waals surface area contributed by atoms with Gasteiger partial charge in [-0.1, -0.05) is 364 Å². The highest BCUT2D eigenvalue weighted by Gasteiger charge is 2.44. The Bertz CT molecular complexity index is 1820. The molecule has 1 aliphatic heterocycles. The van der Waals surface area contributed by atoms with Gasteiger partial charge in [0.25, 0.3) is 0 Å². The summed E-state index contributed by atoms with van der Waals surface area (Å²) in [7, 11) is 0. The van der Waals surface area contributed by atoms with Crippen molar-refractivity contribution in [1.82, 2.24) is 5.32 Å². The van der Waals surface area contributed by atoms with Gasteiger partial charge < -0.3 is 45.1 Å². The maximum atomic E-state index is 13.1. The Morgan fingerprint density at radius 2 is 0.694 bits per heavy atom. The number of unbranched alkanes of at least 4 members (excludes halogenated alkanes) is 54. The SMILES string of the molecule is CCCCCCCC/C=C\CCCCCCCCCCCC(=O)OCCCCCCCCCCCCCCCCC/C=C\C/C=C\CCCCCCCCCCCCCCCCCCCC(=O)NC(COC1OC(CO)C(O)C(O)C1O)C(O)/C=C/CC/C=C/CCCCCCCC. The number of ether oxygens (including phenoxy) is 3. The molecule has 0 aromatic carbocycles.